The van der Waals surface area contributed by atoms with Crippen molar-refractivity contribution in [2.45, 2.75) is 37.1 Å². The molecule has 1 fully saturated rings. The maximum atomic E-state index is 12.6. The van der Waals surface area contributed by atoms with Gasteiger partial charge in [0.1, 0.15) is 0 Å². The second kappa shape index (κ2) is 8.42. The molecule has 26 heavy (non-hydrogen) atoms. The van der Waals surface area contributed by atoms with E-state index in [1.54, 1.807) is 34.8 Å². The van der Waals surface area contributed by atoms with Crippen LogP contribution in [0.3, 0.4) is 0 Å². The Hall–Kier alpha value is -2.25. The minimum absolute atomic E-state index is 0.123. The number of sulfonamides is 1. The van der Waals surface area contributed by atoms with Crippen LogP contribution >= 0.6 is 0 Å². The molecule has 1 N–H and O–H groups in total. The largest absolute Gasteiger partial charge is 0.350 e. The van der Waals surface area contributed by atoms with Crippen molar-refractivity contribution < 1.29 is 13.2 Å². The highest BCUT2D eigenvalue weighted by Gasteiger charge is 2.25. The number of hydrogen-bond acceptors (Lipinski definition) is 4. The molecule has 2 heterocycles. The molecule has 1 saturated heterocycles. The van der Waals surface area contributed by atoms with Gasteiger partial charge in [-0.15, -0.1) is 0 Å². The van der Waals surface area contributed by atoms with E-state index in [1.807, 2.05) is 18.2 Å². The van der Waals surface area contributed by atoms with Gasteiger partial charge in [0.15, 0.2) is 0 Å². The zero-order valence-electron chi connectivity index (χ0n) is 14.6. The van der Waals surface area contributed by atoms with Gasteiger partial charge in [0.05, 0.1) is 23.6 Å². The van der Waals surface area contributed by atoms with E-state index in [9.17, 15) is 13.2 Å². The fraction of sp³-hybridized carbons (Fsp3) is 0.368. The molecule has 138 valence electrons. The zero-order valence-corrected chi connectivity index (χ0v) is 15.4. The SMILES string of the molecule is O=C(Cc1ccc(S(=O)(=O)N2CCCCC2)cc1)NCc1ccccn1. The van der Waals surface area contributed by atoms with Gasteiger partial charge in [0, 0.05) is 19.3 Å². The van der Waals surface area contributed by atoms with Crippen LogP contribution in [-0.4, -0.2) is 36.7 Å². The molecule has 0 unspecified atom stereocenters. The minimum atomic E-state index is -3.43. The Balaban J connectivity index is 1.58. The van der Waals surface area contributed by atoms with Crippen molar-refractivity contribution in [1.82, 2.24) is 14.6 Å². The summed E-state index contributed by atoms with van der Waals surface area (Å²) in [6.45, 7) is 1.54. The van der Waals surface area contributed by atoms with Crippen LogP contribution in [-0.2, 0) is 27.8 Å². The number of amides is 1. The summed E-state index contributed by atoms with van der Waals surface area (Å²) in [6.07, 6.45) is 4.79. The second-order valence-electron chi connectivity index (χ2n) is 6.38. The van der Waals surface area contributed by atoms with Crippen LogP contribution in [0.4, 0.5) is 0 Å². The van der Waals surface area contributed by atoms with Crippen molar-refractivity contribution in [2.24, 2.45) is 0 Å². The number of pyridine rings is 1. The number of nitrogens with zero attached hydrogens (tertiary/aromatic N) is 2. The van der Waals surface area contributed by atoms with Crippen molar-refractivity contribution >= 4 is 15.9 Å². The van der Waals surface area contributed by atoms with Crippen LogP contribution in [0.5, 0.6) is 0 Å². The minimum Gasteiger partial charge on any atom is -0.350 e. The van der Waals surface area contributed by atoms with Gasteiger partial charge in [0.25, 0.3) is 0 Å². The molecule has 1 aliphatic rings. The van der Waals surface area contributed by atoms with E-state index in [1.165, 1.54) is 0 Å². The van der Waals surface area contributed by atoms with Gasteiger partial charge in [-0.25, -0.2) is 8.42 Å². The molecule has 1 aliphatic heterocycles. The number of carbonyl (C=O) groups excluding carboxylic acids is 1. The molecule has 0 saturated carbocycles. The van der Waals surface area contributed by atoms with E-state index in [2.05, 4.69) is 10.3 Å². The molecule has 1 aromatic heterocycles. The molecular weight excluding hydrogens is 350 g/mol. The number of rotatable bonds is 6. The normalized spacial score (nSPS) is 15.5. The summed E-state index contributed by atoms with van der Waals surface area (Å²) in [5.74, 6) is -0.123. The molecular formula is C19H23N3O3S. The van der Waals surface area contributed by atoms with E-state index in [-0.39, 0.29) is 17.2 Å². The van der Waals surface area contributed by atoms with Crippen molar-refractivity contribution in [2.75, 3.05) is 13.1 Å². The fourth-order valence-corrected chi connectivity index (χ4v) is 4.49. The Morgan fingerprint density at radius 2 is 1.77 bits per heavy atom. The van der Waals surface area contributed by atoms with Gasteiger partial charge in [-0.2, -0.15) is 4.31 Å². The van der Waals surface area contributed by atoms with E-state index < -0.39 is 10.0 Å². The Labute approximate surface area is 154 Å². The third-order valence-corrected chi connectivity index (χ3v) is 6.35. The zero-order chi connectivity index (χ0) is 18.4. The highest BCUT2D eigenvalue weighted by molar-refractivity contribution is 7.89. The van der Waals surface area contributed by atoms with E-state index >= 15 is 0 Å². The third-order valence-electron chi connectivity index (χ3n) is 4.43. The predicted octanol–water partition coefficient (Wildman–Crippen LogP) is 2.12. The monoisotopic (exact) mass is 373 g/mol. The highest BCUT2D eigenvalue weighted by atomic mass is 32.2. The molecule has 3 rings (SSSR count). The average Bonchev–Trinajstić information content (AvgIpc) is 2.68. The van der Waals surface area contributed by atoms with Gasteiger partial charge in [-0.1, -0.05) is 24.6 Å². The second-order valence-corrected chi connectivity index (χ2v) is 8.32. The van der Waals surface area contributed by atoms with Crippen LogP contribution in [0.1, 0.15) is 30.5 Å². The van der Waals surface area contributed by atoms with Crippen molar-refractivity contribution in [3.05, 3.63) is 59.9 Å². The van der Waals surface area contributed by atoms with Gasteiger partial charge >= 0.3 is 0 Å². The standard InChI is InChI=1S/C19H23N3O3S/c23-19(21-15-17-6-2-3-11-20-17)14-16-7-9-18(10-8-16)26(24,25)22-12-4-1-5-13-22/h2-3,6-11H,1,4-5,12-15H2,(H,21,23). The Morgan fingerprint density at radius 1 is 1.04 bits per heavy atom. The summed E-state index contributed by atoms with van der Waals surface area (Å²) in [5, 5.41) is 2.82. The Kier molecular flexibility index (Phi) is 6.00. The Morgan fingerprint density at radius 3 is 2.42 bits per heavy atom. The third kappa shape index (κ3) is 4.68. The molecule has 1 amide bonds. The van der Waals surface area contributed by atoms with E-state index in [0.717, 1.165) is 30.5 Å². The van der Waals surface area contributed by atoms with Gasteiger partial charge < -0.3 is 5.32 Å². The fourth-order valence-electron chi connectivity index (χ4n) is 2.97. The van der Waals surface area contributed by atoms with Crippen molar-refractivity contribution in [3.63, 3.8) is 0 Å². The summed E-state index contributed by atoms with van der Waals surface area (Å²) in [7, 11) is -3.43. The average molecular weight is 373 g/mol. The summed E-state index contributed by atoms with van der Waals surface area (Å²) in [5.41, 5.74) is 1.57. The number of aromatic nitrogens is 1. The first kappa shape index (κ1) is 18.5. The van der Waals surface area contributed by atoms with Crippen LogP contribution in [0, 0.1) is 0 Å². The van der Waals surface area contributed by atoms with Crippen LogP contribution in [0.15, 0.2) is 53.6 Å². The molecule has 0 spiro atoms. The van der Waals surface area contributed by atoms with Gasteiger partial charge in [-0.3, -0.25) is 9.78 Å². The highest BCUT2D eigenvalue weighted by Crippen LogP contribution is 2.20. The summed E-state index contributed by atoms with van der Waals surface area (Å²) < 4.78 is 26.8. The smallest absolute Gasteiger partial charge is 0.243 e. The number of hydrogen-bond donors (Lipinski definition) is 1. The lowest BCUT2D eigenvalue weighted by molar-refractivity contribution is -0.120. The maximum Gasteiger partial charge on any atom is 0.243 e. The number of nitrogens with one attached hydrogen (secondary N) is 1. The lowest BCUT2D eigenvalue weighted by Crippen LogP contribution is -2.35. The molecule has 0 bridgehead atoms. The number of carbonyl (C=O) groups is 1. The molecule has 0 atom stereocenters. The first-order chi connectivity index (χ1) is 12.6. The number of piperidine rings is 1. The summed E-state index contributed by atoms with van der Waals surface area (Å²) in [6, 6.07) is 12.1. The van der Waals surface area contributed by atoms with Crippen molar-refractivity contribution in [1.29, 1.82) is 0 Å². The molecule has 6 nitrogen and oxygen atoms in total. The van der Waals surface area contributed by atoms with E-state index in [4.69, 9.17) is 0 Å². The first-order valence-electron chi connectivity index (χ1n) is 8.81. The maximum absolute atomic E-state index is 12.6. The number of benzene rings is 1. The predicted molar refractivity (Wildman–Crippen MR) is 98.8 cm³/mol. The molecule has 2 aromatic rings. The van der Waals surface area contributed by atoms with Gasteiger partial charge in [0.2, 0.25) is 15.9 Å². The lowest BCUT2D eigenvalue weighted by atomic mass is 10.1. The molecule has 0 aliphatic carbocycles. The van der Waals surface area contributed by atoms with Crippen LogP contribution in [0.25, 0.3) is 0 Å². The summed E-state index contributed by atoms with van der Waals surface area (Å²) in [4.78, 5) is 16.5. The van der Waals surface area contributed by atoms with E-state index in [0.29, 0.717) is 19.6 Å². The summed E-state index contributed by atoms with van der Waals surface area (Å²) >= 11 is 0. The molecule has 1 aromatic carbocycles. The molecule has 7 heteroatoms. The van der Waals surface area contributed by atoms with Crippen LogP contribution < -0.4 is 5.32 Å². The first-order valence-corrected chi connectivity index (χ1v) is 10.3. The van der Waals surface area contributed by atoms with Crippen LogP contribution in [0.2, 0.25) is 0 Å². The molecule has 0 radical (unpaired) electrons. The topological polar surface area (TPSA) is 79.4 Å². The quantitative estimate of drug-likeness (QED) is 0.841. The van der Waals surface area contributed by atoms with Crippen molar-refractivity contribution in [3.8, 4) is 0 Å². The Bertz CT molecular complexity index is 830. The van der Waals surface area contributed by atoms with Gasteiger partial charge in [-0.05, 0) is 42.7 Å². The lowest BCUT2D eigenvalue weighted by Gasteiger charge is -2.25.